The summed E-state index contributed by atoms with van der Waals surface area (Å²) in [6, 6.07) is 11.9. The second-order valence-corrected chi connectivity index (χ2v) is 5.82. The maximum atomic E-state index is 12.2. The molecule has 0 saturated carbocycles. The zero-order valence-corrected chi connectivity index (χ0v) is 14.2. The number of nitrogens with zero attached hydrogens (tertiary/aromatic N) is 3. The first-order valence-corrected chi connectivity index (χ1v) is 7.87. The number of hydrogen-bond acceptors (Lipinski definition) is 6. The summed E-state index contributed by atoms with van der Waals surface area (Å²) in [7, 11) is 0. The Balaban J connectivity index is 1.66. The predicted octanol–water partition coefficient (Wildman–Crippen LogP) is 3.19. The summed E-state index contributed by atoms with van der Waals surface area (Å²) in [5, 5.41) is 17.4. The van der Waals surface area contributed by atoms with Crippen molar-refractivity contribution in [3.63, 3.8) is 0 Å². The topological polar surface area (TPSA) is 111 Å². The largest absolute Gasteiger partial charge is 0.343 e. The average molecular weight is 352 g/mol. The van der Waals surface area contributed by atoms with Gasteiger partial charge in [0.15, 0.2) is 0 Å². The number of nitro groups is 1. The zero-order chi connectivity index (χ0) is 18.7. The Kier molecular flexibility index (Phi) is 4.74. The molecule has 0 unspecified atom stereocenters. The molecule has 0 saturated heterocycles. The number of nitro benzene ring substituents is 1. The van der Waals surface area contributed by atoms with E-state index in [9.17, 15) is 14.9 Å². The number of aryl methyl sites for hydroxylation is 2. The van der Waals surface area contributed by atoms with Gasteiger partial charge in [0, 0.05) is 22.8 Å². The minimum Gasteiger partial charge on any atom is -0.343 e. The van der Waals surface area contributed by atoms with Crippen LogP contribution in [0.1, 0.15) is 27.4 Å². The fraction of sp³-hybridized carbons (Fsp3) is 0.167. The molecule has 1 heterocycles. The van der Waals surface area contributed by atoms with Crippen LogP contribution < -0.4 is 5.32 Å². The monoisotopic (exact) mass is 352 g/mol. The van der Waals surface area contributed by atoms with Crippen LogP contribution in [0.5, 0.6) is 0 Å². The van der Waals surface area contributed by atoms with E-state index in [0.29, 0.717) is 17.0 Å². The summed E-state index contributed by atoms with van der Waals surface area (Å²) in [6.45, 7) is 3.63. The number of rotatable bonds is 5. The fourth-order valence-corrected chi connectivity index (χ4v) is 2.41. The molecule has 0 atom stereocenters. The Bertz CT molecular complexity index is 964. The van der Waals surface area contributed by atoms with Gasteiger partial charge in [-0.3, -0.25) is 14.9 Å². The van der Waals surface area contributed by atoms with Gasteiger partial charge >= 0.3 is 0 Å². The highest BCUT2D eigenvalue weighted by atomic mass is 16.6. The van der Waals surface area contributed by atoms with Gasteiger partial charge in [0.2, 0.25) is 11.7 Å². The third-order valence-electron chi connectivity index (χ3n) is 3.83. The number of carbonyl (C=O) groups is 1. The minimum atomic E-state index is -0.484. The highest BCUT2D eigenvalue weighted by molar-refractivity contribution is 5.94. The standard InChI is InChI=1S/C18H16N4O4/c1-11-3-5-13(6-4-11)17-20-16(26-21-17)10-19-18(23)14-7-8-15(22(24)25)12(2)9-14/h3-9H,10H2,1-2H3,(H,19,23). The molecular formula is C18H16N4O4. The molecular weight excluding hydrogens is 336 g/mol. The summed E-state index contributed by atoms with van der Waals surface area (Å²) < 4.78 is 5.14. The van der Waals surface area contributed by atoms with Crippen LogP contribution in [0.2, 0.25) is 0 Å². The molecule has 0 radical (unpaired) electrons. The van der Waals surface area contributed by atoms with Gasteiger partial charge in [0.05, 0.1) is 11.5 Å². The number of nitrogens with one attached hydrogen (secondary N) is 1. The molecule has 3 aromatic rings. The molecule has 1 aromatic heterocycles. The van der Waals surface area contributed by atoms with Crippen molar-refractivity contribution >= 4 is 11.6 Å². The molecule has 132 valence electrons. The Morgan fingerprint density at radius 2 is 1.92 bits per heavy atom. The van der Waals surface area contributed by atoms with Crippen molar-refractivity contribution in [1.82, 2.24) is 15.5 Å². The first-order chi connectivity index (χ1) is 12.4. The number of carbonyl (C=O) groups excluding carboxylic acids is 1. The van der Waals surface area contributed by atoms with E-state index < -0.39 is 4.92 Å². The van der Waals surface area contributed by atoms with E-state index in [4.69, 9.17) is 4.52 Å². The molecule has 8 heteroatoms. The van der Waals surface area contributed by atoms with Crippen LogP contribution in [0.3, 0.4) is 0 Å². The van der Waals surface area contributed by atoms with Crippen LogP contribution in [0.15, 0.2) is 47.0 Å². The van der Waals surface area contributed by atoms with E-state index in [1.54, 1.807) is 6.92 Å². The van der Waals surface area contributed by atoms with E-state index in [2.05, 4.69) is 15.5 Å². The van der Waals surface area contributed by atoms with E-state index in [1.165, 1.54) is 18.2 Å². The van der Waals surface area contributed by atoms with Crippen LogP contribution >= 0.6 is 0 Å². The molecule has 8 nitrogen and oxygen atoms in total. The van der Waals surface area contributed by atoms with Gasteiger partial charge in [0.25, 0.3) is 11.6 Å². The lowest BCUT2D eigenvalue weighted by Gasteiger charge is -2.04. The first-order valence-electron chi connectivity index (χ1n) is 7.87. The van der Waals surface area contributed by atoms with E-state index in [-0.39, 0.29) is 24.0 Å². The lowest BCUT2D eigenvalue weighted by molar-refractivity contribution is -0.385. The third-order valence-corrected chi connectivity index (χ3v) is 3.83. The van der Waals surface area contributed by atoms with E-state index in [1.807, 2.05) is 31.2 Å². The van der Waals surface area contributed by atoms with Gasteiger partial charge < -0.3 is 9.84 Å². The summed E-state index contributed by atoms with van der Waals surface area (Å²) in [4.78, 5) is 26.8. The summed E-state index contributed by atoms with van der Waals surface area (Å²) in [5.74, 6) is 0.339. The van der Waals surface area contributed by atoms with E-state index in [0.717, 1.165) is 11.1 Å². The number of hydrogen-bond donors (Lipinski definition) is 1. The zero-order valence-electron chi connectivity index (χ0n) is 14.2. The van der Waals surface area contributed by atoms with Crippen molar-refractivity contribution in [3.8, 4) is 11.4 Å². The molecule has 0 aliphatic rings. The predicted molar refractivity (Wildman–Crippen MR) is 93.5 cm³/mol. The highest BCUT2D eigenvalue weighted by Crippen LogP contribution is 2.19. The van der Waals surface area contributed by atoms with E-state index >= 15 is 0 Å². The van der Waals surface area contributed by atoms with Crippen molar-refractivity contribution in [2.24, 2.45) is 0 Å². The SMILES string of the molecule is Cc1ccc(-c2noc(CNC(=O)c3ccc([N+](=O)[O-])c(C)c3)n2)cc1. The Hall–Kier alpha value is -3.55. The van der Waals surface area contributed by atoms with Crippen molar-refractivity contribution in [2.45, 2.75) is 20.4 Å². The molecule has 0 spiro atoms. The lowest BCUT2D eigenvalue weighted by Crippen LogP contribution is -2.23. The Labute approximate surface area is 149 Å². The highest BCUT2D eigenvalue weighted by Gasteiger charge is 2.15. The fourth-order valence-electron chi connectivity index (χ4n) is 2.41. The second-order valence-electron chi connectivity index (χ2n) is 5.82. The molecule has 1 N–H and O–H groups in total. The number of amides is 1. The number of aromatic nitrogens is 2. The first kappa shape index (κ1) is 17.3. The van der Waals surface area contributed by atoms with Crippen LogP contribution in [-0.2, 0) is 6.54 Å². The molecule has 2 aromatic carbocycles. The minimum absolute atomic E-state index is 0.0267. The normalized spacial score (nSPS) is 10.5. The molecule has 0 fully saturated rings. The van der Waals surface area contributed by atoms with Gasteiger partial charge in [-0.2, -0.15) is 4.98 Å². The molecule has 26 heavy (non-hydrogen) atoms. The second kappa shape index (κ2) is 7.14. The van der Waals surface area contributed by atoms with Crippen LogP contribution in [-0.4, -0.2) is 21.0 Å². The molecule has 0 aliphatic carbocycles. The maximum absolute atomic E-state index is 12.2. The van der Waals surface area contributed by atoms with Crippen molar-refractivity contribution in [2.75, 3.05) is 0 Å². The molecule has 0 bridgehead atoms. The Morgan fingerprint density at radius 3 is 2.58 bits per heavy atom. The van der Waals surface area contributed by atoms with Gasteiger partial charge in [-0.1, -0.05) is 35.0 Å². The van der Waals surface area contributed by atoms with Crippen molar-refractivity contribution in [1.29, 1.82) is 0 Å². The Morgan fingerprint density at radius 1 is 1.19 bits per heavy atom. The van der Waals surface area contributed by atoms with Crippen LogP contribution in [0, 0.1) is 24.0 Å². The summed E-state index contributed by atoms with van der Waals surface area (Å²) in [5.41, 5.74) is 2.67. The van der Waals surface area contributed by atoms with Gasteiger partial charge in [0.1, 0.15) is 0 Å². The quantitative estimate of drug-likeness (QED) is 0.557. The smallest absolute Gasteiger partial charge is 0.272 e. The van der Waals surface area contributed by atoms with Crippen molar-refractivity contribution < 1.29 is 14.2 Å². The molecule has 3 rings (SSSR count). The van der Waals surface area contributed by atoms with Crippen molar-refractivity contribution in [3.05, 3.63) is 75.2 Å². The summed E-state index contributed by atoms with van der Waals surface area (Å²) in [6.07, 6.45) is 0. The van der Waals surface area contributed by atoms with Gasteiger partial charge in [-0.15, -0.1) is 0 Å². The summed E-state index contributed by atoms with van der Waals surface area (Å²) >= 11 is 0. The third kappa shape index (κ3) is 3.75. The van der Waals surface area contributed by atoms with Gasteiger partial charge in [-0.25, -0.2) is 0 Å². The molecule has 0 aliphatic heterocycles. The number of benzene rings is 2. The lowest BCUT2D eigenvalue weighted by atomic mass is 10.1. The van der Waals surface area contributed by atoms with Gasteiger partial charge in [-0.05, 0) is 26.0 Å². The maximum Gasteiger partial charge on any atom is 0.272 e. The average Bonchev–Trinajstić information content (AvgIpc) is 3.09. The van der Waals surface area contributed by atoms with Crippen LogP contribution in [0.25, 0.3) is 11.4 Å². The van der Waals surface area contributed by atoms with Crippen LogP contribution in [0.4, 0.5) is 5.69 Å². The molecule has 1 amide bonds.